The average Bonchev–Trinajstić information content (AvgIpc) is 3.27. The molecule has 0 spiro atoms. The lowest BCUT2D eigenvalue weighted by Gasteiger charge is -2.30. The van der Waals surface area contributed by atoms with Crippen LogP contribution >= 0.6 is 11.8 Å². The van der Waals surface area contributed by atoms with Crippen LogP contribution in [0.15, 0.2) is 82.6 Å². The molecule has 3 aromatic rings. The molecule has 0 bridgehead atoms. The number of benzene rings is 3. The molecule has 0 fully saturated rings. The number of esters is 1. The van der Waals surface area contributed by atoms with Crippen molar-refractivity contribution in [3.05, 3.63) is 78.4 Å². The van der Waals surface area contributed by atoms with Crippen molar-refractivity contribution >= 4 is 41.1 Å². The Labute approximate surface area is 183 Å². The third-order valence-electron chi connectivity index (χ3n) is 4.83. The Bertz CT molecular complexity index is 1160. The highest BCUT2D eigenvalue weighted by Crippen LogP contribution is 2.47. The molecule has 0 unspecified atom stereocenters. The fourth-order valence-corrected chi connectivity index (χ4v) is 4.46. The van der Waals surface area contributed by atoms with E-state index in [1.165, 1.54) is 6.08 Å². The first-order chi connectivity index (χ1) is 15.2. The Morgan fingerprint density at radius 2 is 1.61 bits per heavy atom. The number of hydrogen-bond acceptors (Lipinski definition) is 6. The molecule has 0 aliphatic carbocycles. The molecule has 2 heterocycles. The SMILES string of the molecule is O=C(/C=C/c1ccc2c(c1)OCO2)OCC(=O)N1c2ccccc2Sc2ccccc21. The Hall–Kier alpha value is -3.71. The van der Waals surface area contributed by atoms with Gasteiger partial charge in [0.25, 0.3) is 5.91 Å². The zero-order valence-electron chi connectivity index (χ0n) is 16.3. The Balaban J connectivity index is 1.28. The summed E-state index contributed by atoms with van der Waals surface area (Å²) < 4.78 is 15.8. The second kappa shape index (κ2) is 8.20. The summed E-state index contributed by atoms with van der Waals surface area (Å²) in [6, 6.07) is 20.7. The summed E-state index contributed by atoms with van der Waals surface area (Å²) in [7, 11) is 0. The van der Waals surface area contributed by atoms with E-state index in [-0.39, 0.29) is 19.3 Å². The fraction of sp³-hybridized carbons (Fsp3) is 0.0833. The highest BCUT2D eigenvalue weighted by atomic mass is 32.2. The lowest BCUT2D eigenvalue weighted by atomic mass is 10.2. The summed E-state index contributed by atoms with van der Waals surface area (Å²) in [4.78, 5) is 28.8. The van der Waals surface area contributed by atoms with Crippen LogP contribution in [0.2, 0.25) is 0 Å². The molecule has 0 radical (unpaired) electrons. The van der Waals surface area contributed by atoms with E-state index in [0.29, 0.717) is 11.5 Å². The maximum absolute atomic E-state index is 13.0. The van der Waals surface area contributed by atoms with Gasteiger partial charge in [-0.25, -0.2) is 4.79 Å². The van der Waals surface area contributed by atoms with Crippen LogP contribution in [-0.4, -0.2) is 25.3 Å². The number of ether oxygens (including phenoxy) is 3. The number of amides is 1. The zero-order valence-corrected chi connectivity index (χ0v) is 17.1. The number of nitrogens with zero attached hydrogens (tertiary/aromatic N) is 1. The predicted molar refractivity (Wildman–Crippen MR) is 117 cm³/mol. The lowest BCUT2D eigenvalue weighted by Crippen LogP contribution is -2.32. The zero-order chi connectivity index (χ0) is 21.2. The number of fused-ring (bicyclic) bond motifs is 3. The van der Waals surface area contributed by atoms with E-state index in [9.17, 15) is 9.59 Å². The van der Waals surface area contributed by atoms with Gasteiger partial charge in [-0.15, -0.1) is 0 Å². The summed E-state index contributed by atoms with van der Waals surface area (Å²) >= 11 is 1.61. The standard InChI is InChI=1S/C24H17NO5S/c26-23(14-28-24(27)12-10-16-9-11-19-20(13-16)30-15-29-19)25-17-5-1-3-7-21(17)31-22-8-4-2-6-18(22)25/h1-13H,14-15H2/b12-10+. The minimum absolute atomic E-state index is 0.188. The molecular weight excluding hydrogens is 414 g/mol. The predicted octanol–water partition coefficient (Wildman–Crippen LogP) is 4.80. The molecule has 0 N–H and O–H groups in total. The average molecular weight is 431 g/mol. The third kappa shape index (κ3) is 3.87. The first-order valence-corrected chi connectivity index (χ1v) is 10.4. The van der Waals surface area contributed by atoms with E-state index in [1.54, 1.807) is 34.9 Å². The molecule has 1 amide bonds. The van der Waals surface area contributed by atoms with E-state index < -0.39 is 5.97 Å². The molecule has 5 rings (SSSR count). The van der Waals surface area contributed by atoms with Crippen molar-refractivity contribution in [1.29, 1.82) is 0 Å². The van der Waals surface area contributed by atoms with Gasteiger partial charge in [-0.1, -0.05) is 42.1 Å². The third-order valence-corrected chi connectivity index (χ3v) is 5.96. The van der Waals surface area contributed by atoms with Crippen LogP contribution in [0.5, 0.6) is 11.5 Å². The molecule has 2 aliphatic heterocycles. The van der Waals surface area contributed by atoms with Gasteiger partial charge in [0.1, 0.15) is 0 Å². The van der Waals surface area contributed by atoms with Gasteiger partial charge < -0.3 is 14.2 Å². The largest absolute Gasteiger partial charge is 0.454 e. The number of para-hydroxylation sites is 2. The smallest absolute Gasteiger partial charge is 0.331 e. The Morgan fingerprint density at radius 1 is 0.935 bits per heavy atom. The van der Waals surface area contributed by atoms with E-state index in [0.717, 1.165) is 26.7 Å². The van der Waals surface area contributed by atoms with Crippen molar-refractivity contribution in [1.82, 2.24) is 0 Å². The molecule has 0 aromatic heterocycles. The van der Waals surface area contributed by atoms with Gasteiger partial charge >= 0.3 is 5.97 Å². The first-order valence-electron chi connectivity index (χ1n) is 9.62. The number of carbonyl (C=O) groups is 2. The summed E-state index contributed by atoms with van der Waals surface area (Å²) in [6.45, 7) is -0.175. The molecule has 0 atom stereocenters. The highest BCUT2D eigenvalue weighted by molar-refractivity contribution is 7.99. The van der Waals surface area contributed by atoms with Crippen molar-refractivity contribution in [2.45, 2.75) is 9.79 Å². The molecule has 2 aliphatic rings. The first kappa shape index (κ1) is 19.3. The molecule has 3 aromatic carbocycles. The Kier molecular flexibility index (Phi) is 5.09. The number of carbonyl (C=O) groups excluding carboxylic acids is 2. The van der Waals surface area contributed by atoms with Gasteiger partial charge in [-0.2, -0.15) is 0 Å². The molecule has 31 heavy (non-hydrogen) atoms. The van der Waals surface area contributed by atoms with Crippen molar-refractivity contribution in [3.8, 4) is 11.5 Å². The second-order valence-corrected chi connectivity index (χ2v) is 7.90. The summed E-state index contributed by atoms with van der Waals surface area (Å²) in [5.41, 5.74) is 2.33. The van der Waals surface area contributed by atoms with Crippen LogP contribution in [0.25, 0.3) is 6.08 Å². The van der Waals surface area contributed by atoms with Gasteiger partial charge in [-0.05, 0) is 48.0 Å². The molecule has 0 saturated carbocycles. The van der Waals surface area contributed by atoms with E-state index in [2.05, 4.69) is 0 Å². The van der Waals surface area contributed by atoms with Crippen LogP contribution in [0.4, 0.5) is 11.4 Å². The number of anilines is 2. The summed E-state index contributed by atoms with van der Waals surface area (Å²) in [5.74, 6) is 0.389. The summed E-state index contributed by atoms with van der Waals surface area (Å²) in [5, 5.41) is 0. The van der Waals surface area contributed by atoms with Crippen molar-refractivity contribution in [2.24, 2.45) is 0 Å². The molecular formula is C24H17NO5S. The van der Waals surface area contributed by atoms with Gasteiger partial charge in [-0.3, -0.25) is 9.69 Å². The highest BCUT2D eigenvalue weighted by Gasteiger charge is 2.28. The van der Waals surface area contributed by atoms with E-state index in [1.807, 2.05) is 54.6 Å². The minimum Gasteiger partial charge on any atom is -0.454 e. The van der Waals surface area contributed by atoms with Gasteiger partial charge in [0.15, 0.2) is 18.1 Å². The van der Waals surface area contributed by atoms with Crippen molar-refractivity contribution in [3.63, 3.8) is 0 Å². The monoisotopic (exact) mass is 431 g/mol. The quantitative estimate of drug-likeness (QED) is 0.437. The van der Waals surface area contributed by atoms with Crippen LogP contribution in [0.1, 0.15) is 5.56 Å². The van der Waals surface area contributed by atoms with Gasteiger partial charge in [0, 0.05) is 15.9 Å². The number of rotatable bonds is 4. The fourth-order valence-electron chi connectivity index (χ4n) is 3.40. The van der Waals surface area contributed by atoms with E-state index in [4.69, 9.17) is 14.2 Å². The normalized spacial score (nSPS) is 13.6. The van der Waals surface area contributed by atoms with E-state index >= 15 is 0 Å². The number of hydrogen-bond donors (Lipinski definition) is 0. The van der Waals surface area contributed by atoms with Crippen LogP contribution in [-0.2, 0) is 14.3 Å². The lowest BCUT2D eigenvalue weighted by molar-refractivity contribution is -0.142. The second-order valence-electron chi connectivity index (χ2n) is 6.82. The van der Waals surface area contributed by atoms with Gasteiger partial charge in [0.2, 0.25) is 6.79 Å². The maximum atomic E-state index is 13.0. The van der Waals surface area contributed by atoms with Crippen molar-refractivity contribution in [2.75, 3.05) is 18.3 Å². The van der Waals surface area contributed by atoms with Crippen molar-refractivity contribution < 1.29 is 23.8 Å². The molecule has 6 nitrogen and oxygen atoms in total. The molecule has 7 heteroatoms. The molecule has 0 saturated heterocycles. The Morgan fingerprint density at radius 3 is 2.35 bits per heavy atom. The van der Waals surface area contributed by atoms with Crippen LogP contribution < -0.4 is 14.4 Å². The van der Waals surface area contributed by atoms with Crippen LogP contribution in [0, 0.1) is 0 Å². The van der Waals surface area contributed by atoms with Crippen LogP contribution in [0.3, 0.4) is 0 Å². The molecule has 154 valence electrons. The minimum atomic E-state index is -0.598. The maximum Gasteiger partial charge on any atom is 0.331 e. The van der Waals surface area contributed by atoms with Gasteiger partial charge in [0.05, 0.1) is 11.4 Å². The summed E-state index contributed by atoms with van der Waals surface area (Å²) in [6.07, 6.45) is 2.90. The topological polar surface area (TPSA) is 65.1 Å².